The normalized spacial score (nSPS) is 13.7. The fourth-order valence-corrected chi connectivity index (χ4v) is 3.41. The second-order valence-corrected chi connectivity index (χ2v) is 8.67. The van der Waals surface area contributed by atoms with Gasteiger partial charge in [-0.15, -0.1) is 0 Å². The highest BCUT2D eigenvalue weighted by Gasteiger charge is 2.28. The molecule has 0 aliphatic heterocycles. The molecule has 0 bridgehead atoms. The minimum Gasteiger partial charge on any atom is -0.494 e. The van der Waals surface area contributed by atoms with Crippen LogP contribution in [0.25, 0.3) is 11.3 Å². The first-order chi connectivity index (χ1) is 15.9. The summed E-state index contributed by atoms with van der Waals surface area (Å²) in [5.41, 5.74) is 2.23. The van der Waals surface area contributed by atoms with Crippen LogP contribution < -0.4 is 9.47 Å². The Bertz CT molecular complexity index is 1120. The number of aromatic nitrogens is 2. The Morgan fingerprint density at radius 2 is 1.94 bits per heavy atom. The largest absolute Gasteiger partial charge is 0.494 e. The third-order valence-electron chi connectivity index (χ3n) is 5.48. The van der Waals surface area contributed by atoms with Gasteiger partial charge in [-0.1, -0.05) is 30.3 Å². The number of carboxylic acid groups (broad SMARTS) is 1. The van der Waals surface area contributed by atoms with Gasteiger partial charge in [-0.25, -0.2) is 4.79 Å². The summed E-state index contributed by atoms with van der Waals surface area (Å²) in [4.78, 5) is 11.4. The first kappa shape index (κ1) is 22.9. The van der Waals surface area contributed by atoms with Crippen LogP contribution in [0, 0.1) is 0 Å². The minimum absolute atomic E-state index is 0.0880. The summed E-state index contributed by atoms with van der Waals surface area (Å²) >= 11 is 0. The molecule has 0 amide bonds. The van der Waals surface area contributed by atoms with Crippen molar-refractivity contribution < 1.29 is 24.1 Å². The Morgan fingerprint density at radius 1 is 1.15 bits per heavy atom. The predicted octanol–water partition coefficient (Wildman–Crippen LogP) is 4.92. The Morgan fingerprint density at radius 3 is 2.67 bits per heavy atom. The van der Waals surface area contributed by atoms with Gasteiger partial charge in [-0.3, -0.25) is 4.68 Å². The molecular formula is C26H30N2O5. The molecule has 0 spiro atoms. The zero-order valence-electron chi connectivity index (χ0n) is 19.3. The summed E-state index contributed by atoms with van der Waals surface area (Å²) in [6, 6.07) is 17.8. The first-order valence-corrected chi connectivity index (χ1v) is 11.3. The van der Waals surface area contributed by atoms with Crippen molar-refractivity contribution in [2.75, 3.05) is 6.61 Å². The van der Waals surface area contributed by atoms with Gasteiger partial charge in [-0.05, 0) is 57.9 Å². The van der Waals surface area contributed by atoms with E-state index in [1.807, 2.05) is 66.2 Å². The van der Waals surface area contributed by atoms with Crippen molar-refractivity contribution in [2.24, 2.45) is 0 Å². The molecule has 1 aliphatic rings. The molecule has 3 aromatic rings. The highest BCUT2D eigenvalue weighted by Crippen LogP contribution is 2.31. The van der Waals surface area contributed by atoms with E-state index in [9.17, 15) is 9.90 Å². The van der Waals surface area contributed by atoms with Gasteiger partial charge in [0.1, 0.15) is 11.5 Å². The third kappa shape index (κ3) is 5.73. The van der Waals surface area contributed by atoms with Crippen molar-refractivity contribution >= 4 is 5.97 Å². The fraction of sp³-hybridized carbons (Fsp3) is 0.385. The van der Waals surface area contributed by atoms with Crippen LogP contribution in [0.2, 0.25) is 0 Å². The van der Waals surface area contributed by atoms with Crippen LogP contribution in [0.3, 0.4) is 0 Å². The maximum Gasteiger partial charge on any atom is 0.335 e. The van der Waals surface area contributed by atoms with Crippen LogP contribution in [-0.2, 0) is 22.7 Å². The number of benzene rings is 2. The van der Waals surface area contributed by atoms with Crippen LogP contribution in [0.15, 0.2) is 54.6 Å². The quantitative estimate of drug-likeness (QED) is 0.447. The minimum atomic E-state index is -1.30. The Hall–Kier alpha value is -3.32. The molecule has 0 atom stereocenters. The fourth-order valence-electron chi connectivity index (χ4n) is 3.41. The molecule has 1 N–H and O–H groups in total. The smallest absolute Gasteiger partial charge is 0.335 e. The van der Waals surface area contributed by atoms with Crippen LogP contribution in [0.1, 0.15) is 44.9 Å². The summed E-state index contributed by atoms with van der Waals surface area (Å²) in [5, 5.41) is 14.1. The van der Waals surface area contributed by atoms with E-state index >= 15 is 0 Å². The molecule has 7 heteroatoms. The average Bonchev–Trinajstić information content (AvgIpc) is 3.51. The van der Waals surface area contributed by atoms with Crippen molar-refractivity contribution in [1.29, 1.82) is 0 Å². The number of rotatable bonds is 11. The molecule has 33 heavy (non-hydrogen) atoms. The number of carbonyl (C=O) groups is 1. The molecule has 0 unspecified atom stereocenters. The number of hydrogen-bond donors (Lipinski definition) is 1. The van der Waals surface area contributed by atoms with Crippen molar-refractivity contribution in [1.82, 2.24) is 9.78 Å². The van der Waals surface area contributed by atoms with E-state index < -0.39 is 11.6 Å². The predicted molar refractivity (Wildman–Crippen MR) is 125 cm³/mol. The zero-order valence-corrected chi connectivity index (χ0v) is 19.3. The van der Waals surface area contributed by atoms with E-state index in [1.54, 1.807) is 0 Å². The lowest BCUT2D eigenvalue weighted by molar-refractivity contribution is -0.162. The number of hydrogen-bond acceptors (Lipinski definition) is 5. The second-order valence-electron chi connectivity index (χ2n) is 8.67. The maximum absolute atomic E-state index is 11.4. The molecule has 4 rings (SSSR count). The van der Waals surface area contributed by atoms with Gasteiger partial charge in [-0.2, -0.15) is 5.10 Å². The van der Waals surface area contributed by atoms with Gasteiger partial charge in [0.15, 0.2) is 5.60 Å². The van der Waals surface area contributed by atoms with Gasteiger partial charge in [0.25, 0.3) is 0 Å². The van der Waals surface area contributed by atoms with Crippen LogP contribution >= 0.6 is 0 Å². The zero-order chi connectivity index (χ0) is 23.4. The van der Waals surface area contributed by atoms with E-state index in [1.165, 1.54) is 13.8 Å². The van der Waals surface area contributed by atoms with Crippen LogP contribution in [-0.4, -0.2) is 39.2 Å². The average molecular weight is 451 g/mol. The van der Waals surface area contributed by atoms with Gasteiger partial charge < -0.3 is 19.3 Å². The monoisotopic (exact) mass is 450 g/mol. The Labute approximate surface area is 193 Å². The maximum atomic E-state index is 11.4. The molecule has 7 nitrogen and oxygen atoms in total. The summed E-state index contributed by atoms with van der Waals surface area (Å²) in [6.45, 7) is 6.19. The number of nitrogens with zero attached hydrogens (tertiary/aromatic N) is 2. The number of para-hydroxylation sites is 1. The van der Waals surface area contributed by atoms with Crippen molar-refractivity contribution in [3.8, 4) is 22.8 Å². The first-order valence-electron chi connectivity index (χ1n) is 11.3. The molecular weight excluding hydrogens is 420 g/mol. The highest BCUT2D eigenvalue weighted by atomic mass is 16.5. The van der Waals surface area contributed by atoms with E-state index in [-0.39, 0.29) is 6.61 Å². The van der Waals surface area contributed by atoms with E-state index in [0.29, 0.717) is 24.9 Å². The lowest BCUT2D eigenvalue weighted by Crippen LogP contribution is -2.34. The lowest BCUT2D eigenvalue weighted by atomic mass is 10.1. The van der Waals surface area contributed by atoms with Crippen LogP contribution in [0.4, 0.5) is 0 Å². The molecule has 1 fully saturated rings. The van der Waals surface area contributed by atoms with Crippen molar-refractivity contribution in [3.63, 3.8) is 0 Å². The van der Waals surface area contributed by atoms with Crippen molar-refractivity contribution in [2.45, 2.75) is 58.5 Å². The molecule has 174 valence electrons. The van der Waals surface area contributed by atoms with Gasteiger partial charge in [0.2, 0.25) is 0 Å². The number of carboxylic acids is 1. The number of aliphatic carboxylic acids is 1. The summed E-state index contributed by atoms with van der Waals surface area (Å²) < 4.78 is 19.3. The third-order valence-corrected chi connectivity index (χ3v) is 5.48. The van der Waals surface area contributed by atoms with E-state index in [2.05, 4.69) is 0 Å². The summed E-state index contributed by atoms with van der Waals surface area (Å²) in [6.07, 6.45) is 2.50. The molecule has 1 saturated carbocycles. The molecule has 1 aliphatic carbocycles. The summed E-state index contributed by atoms with van der Waals surface area (Å²) in [7, 11) is 0. The molecule has 1 heterocycles. The Balaban J connectivity index is 1.66. The summed E-state index contributed by atoms with van der Waals surface area (Å²) in [5.74, 6) is 0.636. The number of ether oxygens (including phenoxy) is 3. The molecule has 2 aromatic carbocycles. The topological polar surface area (TPSA) is 82.8 Å². The molecule has 0 saturated heterocycles. The standard InChI is InChI=1S/C26H30N2O5/c1-4-31-24-11-6-5-8-19(24)16-28-23(15-20(27-28)17-32-26(2,3)25(29)30)18-9-7-10-22(14-18)33-21-12-13-21/h5-11,14-15,21H,4,12-13,16-17H2,1-3H3,(H,29,30). The van der Waals surface area contributed by atoms with Crippen molar-refractivity contribution in [3.05, 3.63) is 65.9 Å². The van der Waals surface area contributed by atoms with Gasteiger partial charge >= 0.3 is 5.97 Å². The second kappa shape index (κ2) is 9.67. The highest BCUT2D eigenvalue weighted by molar-refractivity contribution is 5.76. The Kier molecular flexibility index (Phi) is 6.70. The van der Waals surface area contributed by atoms with Crippen LogP contribution in [0.5, 0.6) is 11.5 Å². The molecule has 0 radical (unpaired) electrons. The molecule has 1 aromatic heterocycles. The van der Waals surface area contributed by atoms with E-state index in [4.69, 9.17) is 19.3 Å². The van der Waals surface area contributed by atoms with E-state index in [0.717, 1.165) is 41.2 Å². The SMILES string of the molecule is CCOc1ccccc1Cn1nc(COC(C)(C)C(=O)O)cc1-c1cccc(OC2CC2)c1. The van der Waals surface area contributed by atoms with Gasteiger partial charge in [0, 0.05) is 11.1 Å². The van der Waals surface area contributed by atoms with Gasteiger partial charge in [0.05, 0.1) is 37.3 Å². The lowest BCUT2D eigenvalue weighted by Gasteiger charge is -2.19.